The minimum Gasteiger partial charge on any atom is -0.494 e. The summed E-state index contributed by atoms with van der Waals surface area (Å²) in [6.07, 6.45) is 0.685. The van der Waals surface area contributed by atoms with Crippen molar-refractivity contribution in [1.29, 1.82) is 0 Å². The van der Waals surface area contributed by atoms with Gasteiger partial charge in [0.05, 0.1) is 19.3 Å². The van der Waals surface area contributed by atoms with Crippen molar-refractivity contribution in [3.8, 4) is 5.75 Å². The molecule has 102 valence electrons. The third-order valence-electron chi connectivity index (χ3n) is 3.03. The Balaban J connectivity index is 2.80. The Kier molecular flexibility index (Phi) is 5.56. The molecular formula is C14H22FNO2. The van der Waals surface area contributed by atoms with Gasteiger partial charge in [-0.05, 0) is 24.8 Å². The van der Waals surface area contributed by atoms with Gasteiger partial charge >= 0.3 is 0 Å². The second kappa shape index (κ2) is 6.71. The molecule has 1 rings (SSSR count). The van der Waals surface area contributed by atoms with Gasteiger partial charge in [0.25, 0.3) is 0 Å². The fraction of sp³-hybridized carbons (Fsp3) is 0.571. The number of nitrogens with two attached hydrogens (primary N) is 1. The van der Waals surface area contributed by atoms with Crippen LogP contribution in [-0.2, 0) is 0 Å². The predicted molar refractivity (Wildman–Crippen MR) is 70.0 cm³/mol. The van der Waals surface area contributed by atoms with Crippen molar-refractivity contribution in [2.24, 2.45) is 11.7 Å². The summed E-state index contributed by atoms with van der Waals surface area (Å²) in [5, 5.41) is 9.98. The highest BCUT2D eigenvalue weighted by molar-refractivity contribution is 5.33. The van der Waals surface area contributed by atoms with E-state index in [0.29, 0.717) is 17.9 Å². The molecule has 1 aromatic carbocycles. The lowest BCUT2D eigenvalue weighted by molar-refractivity contribution is 0.126. The normalized spacial score (nSPS) is 14.6. The van der Waals surface area contributed by atoms with Gasteiger partial charge in [-0.25, -0.2) is 4.39 Å². The van der Waals surface area contributed by atoms with Crippen LogP contribution in [0.25, 0.3) is 0 Å². The molecule has 0 radical (unpaired) electrons. The zero-order chi connectivity index (χ0) is 13.7. The zero-order valence-corrected chi connectivity index (χ0v) is 11.2. The summed E-state index contributed by atoms with van der Waals surface area (Å²) in [5.41, 5.74) is 6.20. The van der Waals surface area contributed by atoms with Crippen LogP contribution in [0.2, 0.25) is 0 Å². The Morgan fingerprint density at radius 3 is 2.56 bits per heavy atom. The molecule has 0 fully saturated rings. The van der Waals surface area contributed by atoms with Crippen molar-refractivity contribution in [3.63, 3.8) is 0 Å². The molecule has 2 atom stereocenters. The molecule has 0 saturated heterocycles. The van der Waals surface area contributed by atoms with E-state index in [0.717, 1.165) is 6.42 Å². The van der Waals surface area contributed by atoms with Gasteiger partial charge in [0, 0.05) is 5.56 Å². The molecule has 3 N–H and O–H groups in total. The molecular weight excluding hydrogens is 233 g/mol. The molecule has 0 aliphatic rings. The highest BCUT2D eigenvalue weighted by Crippen LogP contribution is 2.27. The summed E-state index contributed by atoms with van der Waals surface area (Å²) in [7, 11) is 1.41. The largest absolute Gasteiger partial charge is 0.494 e. The van der Waals surface area contributed by atoms with E-state index in [-0.39, 0.29) is 5.75 Å². The topological polar surface area (TPSA) is 55.5 Å². The van der Waals surface area contributed by atoms with Crippen LogP contribution >= 0.6 is 0 Å². The maximum absolute atomic E-state index is 14.0. The molecule has 0 unspecified atom stereocenters. The van der Waals surface area contributed by atoms with Crippen LogP contribution in [0.3, 0.4) is 0 Å². The first-order valence-corrected chi connectivity index (χ1v) is 6.23. The Hall–Kier alpha value is -1.13. The summed E-state index contributed by atoms with van der Waals surface area (Å²) in [4.78, 5) is 0. The fourth-order valence-electron chi connectivity index (χ4n) is 1.83. The van der Waals surface area contributed by atoms with Crippen LogP contribution in [0, 0.1) is 11.7 Å². The van der Waals surface area contributed by atoms with Crippen LogP contribution < -0.4 is 10.5 Å². The van der Waals surface area contributed by atoms with E-state index in [1.807, 2.05) is 0 Å². The van der Waals surface area contributed by atoms with Crippen molar-refractivity contribution in [3.05, 3.63) is 29.6 Å². The lowest BCUT2D eigenvalue weighted by Gasteiger charge is -2.21. The number of halogens is 1. The lowest BCUT2D eigenvalue weighted by atomic mass is 9.95. The maximum atomic E-state index is 14.0. The van der Waals surface area contributed by atoms with Crippen LogP contribution in [0.15, 0.2) is 18.2 Å². The summed E-state index contributed by atoms with van der Waals surface area (Å²) in [6, 6.07) is 4.07. The Morgan fingerprint density at radius 1 is 1.33 bits per heavy atom. The second-order valence-electron chi connectivity index (χ2n) is 4.93. The maximum Gasteiger partial charge on any atom is 0.169 e. The van der Waals surface area contributed by atoms with Gasteiger partial charge in [0.2, 0.25) is 0 Å². The van der Waals surface area contributed by atoms with Crippen molar-refractivity contribution in [2.45, 2.75) is 38.8 Å². The average molecular weight is 255 g/mol. The number of methoxy groups -OCH3 is 1. The van der Waals surface area contributed by atoms with Crippen molar-refractivity contribution >= 4 is 0 Å². The van der Waals surface area contributed by atoms with E-state index in [1.165, 1.54) is 13.2 Å². The summed E-state index contributed by atoms with van der Waals surface area (Å²) in [5.74, 6) is 0.150. The summed E-state index contributed by atoms with van der Waals surface area (Å²) < 4.78 is 18.9. The van der Waals surface area contributed by atoms with E-state index in [4.69, 9.17) is 10.5 Å². The van der Waals surface area contributed by atoms with Gasteiger partial charge in [-0.1, -0.05) is 26.0 Å². The number of aliphatic hydroxyl groups is 1. The number of hydrogen-bond acceptors (Lipinski definition) is 3. The molecule has 0 spiro atoms. The molecule has 4 heteroatoms. The molecule has 3 nitrogen and oxygen atoms in total. The average Bonchev–Trinajstić information content (AvgIpc) is 2.35. The highest BCUT2D eigenvalue weighted by Gasteiger charge is 2.21. The molecule has 0 aromatic heterocycles. The first-order chi connectivity index (χ1) is 8.47. The van der Waals surface area contributed by atoms with Crippen molar-refractivity contribution in [1.82, 2.24) is 0 Å². The molecule has 0 aliphatic heterocycles. The van der Waals surface area contributed by atoms with E-state index >= 15 is 0 Å². The van der Waals surface area contributed by atoms with Crippen LogP contribution in [0.4, 0.5) is 4.39 Å². The Bertz CT molecular complexity index is 382. The highest BCUT2D eigenvalue weighted by atomic mass is 19.1. The van der Waals surface area contributed by atoms with Gasteiger partial charge in [-0.3, -0.25) is 0 Å². The van der Waals surface area contributed by atoms with Crippen LogP contribution in [0.5, 0.6) is 5.75 Å². The van der Waals surface area contributed by atoms with Crippen molar-refractivity contribution < 1.29 is 14.2 Å². The van der Waals surface area contributed by atoms with E-state index in [1.54, 1.807) is 12.1 Å². The predicted octanol–water partition coefficient (Wildman–Crippen LogP) is 2.63. The summed E-state index contributed by atoms with van der Waals surface area (Å²) in [6.45, 7) is 4.15. The van der Waals surface area contributed by atoms with Gasteiger partial charge in [-0.2, -0.15) is 0 Å². The standard InChI is InChI=1S/C14H22FNO2/c1-9(2)7-8-11(17)14(16)10-5-4-6-12(18-3)13(10)15/h4-6,9,11,14,17H,7-8,16H2,1-3H3/t11-,14+/m0/s1. The number of benzene rings is 1. The quantitative estimate of drug-likeness (QED) is 0.821. The van der Waals surface area contributed by atoms with Crippen LogP contribution in [-0.4, -0.2) is 18.3 Å². The number of aliphatic hydroxyl groups excluding tert-OH is 1. The fourth-order valence-corrected chi connectivity index (χ4v) is 1.83. The smallest absolute Gasteiger partial charge is 0.169 e. The lowest BCUT2D eigenvalue weighted by Crippen LogP contribution is -2.27. The van der Waals surface area contributed by atoms with E-state index in [2.05, 4.69) is 13.8 Å². The minimum atomic E-state index is -0.742. The summed E-state index contributed by atoms with van der Waals surface area (Å²) >= 11 is 0. The monoisotopic (exact) mass is 255 g/mol. The van der Waals surface area contributed by atoms with Crippen molar-refractivity contribution in [2.75, 3.05) is 7.11 Å². The van der Waals surface area contributed by atoms with Gasteiger partial charge < -0.3 is 15.6 Å². The number of rotatable bonds is 6. The molecule has 0 saturated carbocycles. The Morgan fingerprint density at radius 2 is 2.00 bits per heavy atom. The zero-order valence-electron chi connectivity index (χ0n) is 11.2. The van der Waals surface area contributed by atoms with Gasteiger partial charge in [-0.15, -0.1) is 0 Å². The molecule has 0 amide bonds. The van der Waals surface area contributed by atoms with Crippen LogP contribution in [0.1, 0.15) is 38.3 Å². The minimum absolute atomic E-state index is 0.152. The SMILES string of the molecule is COc1cccc([C@@H](N)[C@@H](O)CCC(C)C)c1F. The third kappa shape index (κ3) is 3.68. The molecule has 18 heavy (non-hydrogen) atoms. The second-order valence-corrected chi connectivity index (χ2v) is 4.93. The number of ether oxygens (including phenoxy) is 1. The number of hydrogen-bond donors (Lipinski definition) is 2. The molecule has 0 bridgehead atoms. The molecule has 0 heterocycles. The first-order valence-electron chi connectivity index (χ1n) is 6.23. The third-order valence-corrected chi connectivity index (χ3v) is 3.03. The Labute approximate surface area is 108 Å². The first kappa shape index (κ1) is 14.9. The van der Waals surface area contributed by atoms with E-state index < -0.39 is 18.0 Å². The van der Waals surface area contributed by atoms with E-state index in [9.17, 15) is 9.50 Å². The van der Waals surface area contributed by atoms with Gasteiger partial charge in [0.1, 0.15) is 0 Å². The molecule has 1 aromatic rings. The molecule has 0 aliphatic carbocycles. The van der Waals surface area contributed by atoms with Gasteiger partial charge in [0.15, 0.2) is 11.6 Å².